The molecule has 2 N–H and O–H groups in total. The number of anilines is 1. The molecule has 0 bridgehead atoms. The van der Waals surface area contributed by atoms with Gasteiger partial charge in [0.2, 0.25) is 5.91 Å². The molecule has 0 fully saturated rings. The summed E-state index contributed by atoms with van der Waals surface area (Å²) in [5.74, 6) is 0.0424. The number of hydrogen-bond acceptors (Lipinski definition) is 4. The maximum Gasteiger partial charge on any atom is 0.227 e. The molecule has 1 amide bonds. The number of carbonyl (C=O) groups excluding carboxylic acids is 1. The number of thiophene rings is 1. The summed E-state index contributed by atoms with van der Waals surface area (Å²) in [5.41, 5.74) is 3.59. The SMILES string of the molecule is CC[NH+]1CCc2c(sc(NC(=O)C(C)C)c2-c2nc3ccccc3s2)C1. The van der Waals surface area contributed by atoms with Crippen molar-refractivity contribution in [2.45, 2.75) is 33.7 Å². The van der Waals surface area contributed by atoms with E-state index in [1.165, 1.54) is 15.1 Å². The molecule has 3 aromatic rings. The maximum absolute atomic E-state index is 12.4. The van der Waals surface area contributed by atoms with E-state index in [4.69, 9.17) is 4.98 Å². The average Bonchev–Trinajstić information content (AvgIpc) is 3.20. The van der Waals surface area contributed by atoms with Crippen molar-refractivity contribution in [2.24, 2.45) is 5.92 Å². The van der Waals surface area contributed by atoms with Crippen molar-refractivity contribution in [1.82, 2.24) is 4.98 Å². The molecule has 1 unspecified atom stereocenters. The Bertz CT molecular complexity index is 924. The van der Waals surface area contributed by atoms with Gasteiger partial charge in [-0.25, -0.2) is 4.98 Å². The number of rotatable bonds is 4. The van der Waals surface area contributed by atoms with E-state index in [0.717, 1.165) is 47.1 Å². The van der Waals surface area contributed by atoms with Gasteiger partial charge in [-0.1, -0.05) is 26.0 Å². The molecule has 0 saturated heterocycles. The number of nitrogens with one attached hydrogen (secondary N) is 2. The van der Waals surface area contributed by atoms with Gasteiger partial charge in [0.05, 0.1) is 28.2 Å². The van der Waals surface area contributed by atoms with E-state index >= 15 is 0 Å². The number of hydrogen-bond donors (Lipinski definition) is 2. The summed E-state index contributed by atoms with van der Waals surface area (Å²) in [7, 11) is 0. The average molecular weight is 387 g/mol. The summed E-state index contributed by atoms with van der Waals surface area (Å²) in [5, 5.41) is 5.19. The lowest BCUT2D eigenvalue weighted by Gasteiger charge is -2.22. The Morgan fingerprint density at radius 3 is 2.85 bits per heavy atom. The van der Waals surface area contributed by atoms with Crippen LogP contribution < -0.4 is 10.2 Å². The summed E-state index contributed by atoms with van der Waals surface area (Å²) in [6.07, 6.45) is 1.05. The van der Waals surface area contributed by atoms with Gasteiger partial charge in [-0.05, 0) is 24.6 Å². The molecule has 0 saturated carbocycles. The van der Waals surface area contributed by atoms with Crippen LogP contribution in [0.2, 0.25) is 0 Å². The number of amides is 1. The molecule has 0 aliphatic carbocycles. The number of carbonyl (C=O) groups is 1. The van der Waals surface area contributed by atoms with Crippen LogP contribution in [0.3, 0.4) is 0 Å². The van der Waals surface area contributed by atoms with E-state index in [0.29, 0.717) is 0 Å². The van der Waals surface area contributed by atoms with Gasteiger partial charge in [-0.3, -0.25) is 4.79 Å². The lowest BCUT2D eigenvalue weighted by Crippen LogP contribution is -3.11. The monoisotopic (exact) mass is 386 g/mol. The molecule has 1 aliphatic rings. The van der Waals surface area contributed by atoms with Crippen LogP contribution in [0.4, 0.5) is 5.00 Å². The Hall–Kier alpha value is -1.76. The number of benzene rings is 1. The van der Waals surface area contributed by atoms with E-state index in [1.54, 1.807) is 27.6 Å². The van der Waals surface area contributed by atoms with Crippen molar-refractivity contribution >= 4 is 43.8 Å². The van der Waals surface area contributed by atoms with Crippen LogP contribution >= 0.6 is 22.7 Å². The Morgan fingerprint density at radius 1 is 1.31 bits per heavy atom. The molecule has 4 rings (SSSR count). The molecular formula is C20H24N3OS2+. The molecule has 2 aromatic heterocycles. The number of para-hydroxylation sites is 1. The Morgan fingerprint density at radius 2 is 2.12 bits per heavy atom. The van der Waals surface area contributed by atoms with E-state index in [2.05, 4.69) is 30.4 Å². The van der Waals surface area contributed by atoms with Crippen LogP contribution in [0.5, 0.6) is 0 Å². The van der Waals surface area contributed by atoms with Crippen molar-refractivity contribution in [2.75, 3.05) is 18.4 Å². The first kappa shape index (κ1) is 17.6. The summed E-state index contributed by atoms with van der Waals surface area (Å²) >= 11 is 3.47. The number of aromatic nitrogens is 1. The predicted molar refractivity (Wildman–Crippen MR) is 110 cm³/mol. The number of quaternary nitrogens is 1. The fraction of sp³-hybridized carbons (Fsp3) is 0.400. The van der Waals surface area contributed by atoms with Gasteiger partial charge in [-0.2, -0.15) is 0 Å². The number of thiazole rings is 1. The third-order valence-electron chi connectivity index (χ3n) is 5.00. The second-order valence-corrected chi connectivity index (χ2v) is 9.25. The minimum atomic E-state index is -0.0323. The standard InChI is InChI=1S/C20H23N3OS2/c1-4-23-10-9-13-16(11-23)26-20(22-18(24)12(2)3)17(13)19-21-14-7-5-6-8-15(14)25-19/h5-8,12H,4,9-11H2,1-3H3,(H,22,24)/p+1. The van der Waals surface area contributed by atoms with Gasteiger partial charge in [-0.15, -0.1) is 22.7 Å². The van der Waals surface area contributed by atoms with E-state index in [-0.39, 0.29) is 11.8 Å². The number of fused-ring (bicyclic) bond motifs is 2. The number of likely N-dealkylation sites (N-methyl/N-ethyl adjacent to an activating group) is 1. The van der Waals surface area contributed by atoms with Gasteiger partial charge >= 0.3 is 0 Å². The van der Waals surface area contributed by atoms with Gasteiger partial charge in [0.15, 0.2) is 0 Å². The lowest BCUT2D eigenvalue weighted by molar-refractivity contribution is -0.913. The van der Waals surface area contributed by atoms with Crippen LogP contribution in [0.25, 0.3) is 20.8 Å². The summed E-state index contributed by atoms with van der Waals surface area (Å²) in [4.78, 5) is 20.3. The molecule has 6 heteroatoms. The van der Waals surface area contributed by atoms with Gasteiger partial charge < -0.3 is 10.2 Å². The first-order valence-corrected chi connectivity index (χ1v) is 10.8. The highest BCUT2D eigenvalue weighted by Crippen LogP contribution is 2.44. The third kappa shape index (κ3) is 3.17. The molecule has 1 aliphatic heterocycles. The molecule has 1 atom stereocenters. The third-order valence-corrected chi connectivity index (χ3v) is 7.20. The normalized spacial score (nSPS) is 16.8. The van der Waals surface area contributed by atoms with Crippen molar-refractivity contribution in [1.29, 1.82) is 0 Å². The zero-order valence-electron chi connectivity index (χ0n) is 15.4. The lowest BCUT2D eigenvalue weighted by atomic mass is 10.0. The molecule has 3 heterocycles. The van der Waals surface area contributed by atoms with Gasteiger partial charge in [0, 0.05) is 17.9 Å². The van der Waals surface area contributed by atoms with Crippen LogP contribution in [-0.2, 0) is 17.8 Å². The summed E-state index contributed by atoms with van der Waals surface area (Å²) in [6.45, 7) is 9.44. The fourth-order valence-corrected chi connectivity index (χ4v) is 5.82. The second-order valence-electron chi connectivity index (χ2n) is 7.12. The van der Waals surface area contributed by atoms with Gasteiger partial charge in [0.1, 0.15) is 16.6 Å². The van der Waals surface area contributed by atoms with Crippen molar-refractivity contribution in [3.63, 3.8) is 0 Å². The van der Waals surface area contributed by atoms with Crippen LogP contribution in [0, 0.1) is 5.92 Å². The fourth-order valence-electron chi connectivity index (χ4n) is 3.39. The first-order chi connectivity index (χ1) is 12.6. The first-order valence-electron chi connectivity index (χ1n) is 9.21. The predicted octanol–water partition coefficient (Wildman–Crippen LogP) is 3.58. The minimum Gasteiger partial charge on any atom is -0.330 e. The second kappa shape index (κ2) is 7.10. The zero-order chi connectivity index (χ0) is 18.3. The minimum absolute atomic E-state index is 0.0323. The van der Waals surface area contributed by atoms with Crippen molar-refractivity contribution < 1.29 is 9.69 Å². The van der Waals surface area contributed by atoms with E-state index < -0.39 is 0 Å². The number of nitrogens with zero attached hydrogens (tertiary/aromatic N) is 1. The smallest absolute Gasteiger partial charge is 0.227 e. The van der Waals surface area contributed by atoms with Crippen LogP contribution in [0.15, 0.2) is 24.3 Å². The molecule has 26 heavy (non-hydrogen) atoms. The highest BCUT2D eigenvalue weighted by Gasteiger charge is 2.29. The summed E-state index contributed by atoms with van der Waals surface area (Å²) in [6, 6.07) is 8.25. The summed E-state index contributed by atoms with van der Waals surface area (Å²) < 4.78 is 1.19. The Labute approximate surface area is 161 Å². The molecule has 4 nitrogen and oxygen atoms in total. The highest BCUT2D eigenvalue weighted by molar-refractivity contribution is 7.22. The molecule has 0 radical (unpaired) electrons. The van der Waals surface area contributed by atoms with Crippen LogP contribution in [-0.4, -0.2) is 24.0 Å². The topological polar surface area (TPSA) is 46.4 Å². The molecular weight excluding hydrogens is 362 g/mol. The molecule has 136 valence electrons. The highest BCUT2D eigenvalue weighted by atomic mass is 32.1. The maximum atomic E-state index is 12.4. The van der Waals surface area contributed by atoms with Gasteiger partial charge in [0.25, 0.3) is 0 Å². The van der Waals surface area contributed by atoms with E-state index in [9.17, 15) is 4.79 Å². The van der Waals surface area contributed by atoms with Crippen molar-refractivity contribution in [3.8, 4) is 10.6 Å². The Balaban J connectivity index is 1.82. The quantitative estimate of drug-likeness (QED) is 0.720. The Kier molecular flexibility index (Phi) is 4.82. The molecule has 1 aromatic carbocycles. The van der Waals surface area contributed by atoms with Crippen LogP contribution in [0.1, 0.15) is 31.2 Å². The molecule has 0 spiro atoms. The van der Waals surface area contributed by atoms with Crippen molar-refractivity contribution in [3.05, 3.63) is 34.7 Å². The van der Waals surface area contributed by atoms with E-state index in [1.807, 2.05) is 19.9 Å². The zero-order valence-corrected chi connectivity index (χ0v) is 17.0. The largest absolute Gasteiger partial charge is 0.330 e.